The Bertz CT molecular complexity index is 486. The molecule has 2 heterocycles. The Balaban J connectivity index is 2.28. The second-order valence-corrected chi connectivity index (χ2v) is 6.90. The molecule has 0 aromatic rings. The Morgan fingerprint density at radius 1 is 1.04 bits per heavy atom. The topological polar surface area (TPSA) is 169 Å². The first-order valence-electron chi connectivity index (χ1n) is 9.11. The van der Waals surface area contributed by atoms with Crippen molar-refractivity contribution in [3.63, 3.8) is 0 Å². The molecule has 2 unspecified atom stereocenters. The molecule has 2 rings (SSSR count). The maximum Gasteiger partial charge on any atom is 0.220 e. The number of ether oxygens (including phenoxy) is 3. The zero-order valence-electron chi connectivity index (χ0n) is 15.2. The standard InChI is InChI=1S/C17H30O10/c1-2-3-4-5-6-17(15(24)13(22)12(21)10(7-18)26-17)27-16-14(23)11(20)9(19)8-25-16/h5-6,9-16,18-24H,2-4,7-8H2,1H3/t9-,10-,11+,12-,13+,14-,15-,16?,17?/m1/s1. The van der Waals surface area contributed by atoms with Gasteiger partial charge in [0.25, 0.3) is 0 Å². The summed E-state index contributed by atoms with van der Waals surface area (Å²) in [4.78, 5) is 0. The smallest absolute Gasteiger partial charge is 0.220 e. The van der Waals surface area contributed by atoms with Gasteiger partial charge in [-0.3, -0.25) is 0 Å². The number of rotatable bonds is 7. The van der Waals surface area contributed by atoms with Crippen molar-refractivity contribution in [3.8, 4) is 0 Å². The molecule has 2 aliphatic heterocycles. The van der Waals surface area contributed by atoms with Crippen LogP contribution < -0.4 is 0 Å². The van der Waals surface area contributed by atoms with Crippen LogP contribution in [0.5, 0.6) is 0 Å². The molecule has 0 spiro atoms. The van der Waals surface area contributed by atoms with Crippen molar-refractivity contribution in [2.24, 2.45) is 0 Å². The molecule has 2 aliphatic rings. The van der Waals surface area contributed by atoms with E-state index in [0.29, 0.717) is 6.42 Å². The van der Waals surface area contributed by atoms with Gasteiger partial charge in [-0.2, -0.15) is 0 Å². The summed E-state index contributed by atoms with van der Waals surface area (Å²) in [5, 5.41) is 69.6. The van der Waals surface area contributed by atoms with Crippen molar-refractivity contribution in [2.75, 3.05) is 13.2 Å². The molecule has 10 nitrogen and oxygen atoms in total. The van der Waals surface area contributed by atoms with E-state index in [1.807, 2.05) is 6.92 Å². The lowest BCUT2D eigenvalue weighted by atomic mass is 9.91. The van der Waals surface area contributed by atoms with Gasteiger partial charge in [-0.25, -0.2) is 0 Å². The number of unbranched alkanes of at least 4 members (excludes halogenated alkanes) is 2. The Hall–Kier alpha value is -0.660. The molecule has 10 heteroatoms. The van der Waals surface area contributed by atoms with E-state index >= 15 is 0 Å². The normalized spacial score (nSPS) is 46.1. The van der Waals surface area contributed by atoms with Crippen molar-refractivity contribution >= 4 is 0 Å². The molecule has 2 fully saturated rings. The lowest BCUT2D eigenvalue weighted by Crippen LogP contribution is -2.67. The Labute approximate surface area is 157 Å². The quantitative estimate of drug-likeness (QED) is 0.179. The van der Waals surface area contributed by atoms with E-state index in [1.165, 1.54) is 6.08 Å². The van der Waals surface area contributed by atoms with E-state index in [0.717, 1.165) is 12.8 Å². The number of hydrogen-bond donors (Lipinski definition) is 7. The molecule has 0 amide bonds. The number of aliphatic hydroxyl groups excluding tert-OH is 7. The van der Waals surface area contributed by atoms with Crippen molar-refractivity contribution in [3.05, 3.63) is 12.2 Å². The summed E-state index contributed by atoms with van der Waals surface area (Å²) in [7, 11) is 0. The maximum atomic E-state index is 10.5. The van der Waals surface area contributed by atoms with E-state index in [-0.39, 0.29) is 6.61 Å². The maximum absolute atomic E-state index is 10.5. The Morgan fingerprint density at radius 2 is 1.74 bits per heavy atom. The molecule has 0 bridgehead atoms. The Morgan fingerprint density at radius 3 is 2.37 bits per heavy atom. The summed E-state index contributed by atoms with van der Waals surface area (Å²) >= 11 is 0. The molecule has 0 aromatic heterocycles. The predicted octanol–water partition coefficient (Wildman–Crippen LogP) is -2.64. The second kappa shape index (κ2) is 9.70. The number of hydrogen-bond acceptors (Lipinski definition) is 10. The molecular formula is C17H30O10. The molecule has 2 saturated heterocycles. The third kappa shape index (κ3) is 4.85. The number of aliphatic hydroxyl groups is 7. The largest absolute Gasteiger partial charge is 0.394 e. The number of allylic oxidation sites excluding steroid dienone is 1. The van der Waals surface area contributed by atoms with Gasteiger partial charge in [0.15, 0.2) is 6.29 Å². The van der Waals surface area contributed by atoms with E-state index in [1.54, 1.807) is 6.08 Å². The van der Waals surface area contributed by atoms with Gasteiger partial charge in [0, 0.05) is 0 Å². The summed E-state index contributed by atoms with van der Waals surface area (Å²) in [6, 6.07) is 0. The van der Waals surface area contributed by atoms with Gasteiger partial charge in [0.1, 0.15) is 42.7 Å². The molecule has 9 atom stereocenters. The summed E-state index contributed by atoms with van der Waals surface area (Å²) in [6.07, 6.45) is -6.97. The molecule has 27 heavy (non-hydrogen) atoms. The highest BCUT2D eigenvalue weighted by molar-refractivity contribution is 5.09. The van der Waals surface area contributed by atoms with Crippen LogP contribution in [0, 0.1) is 0 Å². The summed E-state index contributed by atoms with van der Waals surface area (Å²) in [5.74, 6) is -2.05. The van der Waals surface area contributed by atoms with Gasteiger partial charge in [-0.05, 0) is 12.5 Å². The highest BCUT2D eigenvalue weighted by atomic mass is 16.8. The monoisotopic (exact) mass is 394 g/mol. The summed E-state index contributed by atoms with van der Waals surface area (Å²) < 4.78 is 16.4. The van der Waals surface area contributed by atoms with Gasteiger partial charge in [0.2, 0.25) is 5.79 Å². The van der Waals surface area contributed by atoms with Crippen LogP contribution in [0.15, 0.2) is 12.2 Å². The molecule has 7 N–H and O–H groups in total. The SMILES string of the molecule is CCCCC=CC1(OC2OC[C@@H](O)[C@H](O)[C@H]2O)O[C@H](CO)[C@@H](O)[C@H](O)[C@H]1O. The van der Waals surface area contributed by atoms with Crippen molar-refractivity contribution in [2.45, 2.75) is 81.0 Å². The van der Waals surface area contributed by atoms with Crippen LogP contribution in [-0.2, 0) is 14.2 Å². The highest BCUT2D eigenvalue weighted by Gasteiger charge is 2.55. The van der Waals surface area contributed by atoms with E-state index in [9.17, 15) is 35.7 Å². The third-order valence-electron chi connectivity index (χ3n) is 4.81. The van der Waals surface area contributed by atoms with Crippen LogP contribution in [0.2, 0.25) is 0 Å². The molecule has 0 aromatic carbocycles. The van der Waals surface area contributed by atoms with Crippen LogP contribution in [0.1, 0.15) is 26.2 Å². The van der Waals surface area contributed by atoms with Crippen LogP contribution in [0.3, 0.4) is 0 Å². The fraction of sp³-hybridized carbons (Fsp3) is 0.882. The highest BCUT2D eigenvalue weighted by Crippen LogP contribution is 2.35. The van der Waals surface area contributed by atoms with Crippen LogP contribution >= 0.6 is 0 Å². The zero-order valence-corrected chi connectivity index (χ0v) is 15.2. The lowest BCUT2D eigenvalue weighted by Gasteiger charge is -2.49. The van der Waals surface area contributed by atoms with Crippen LogP contribution in [0.25, 0.3) is 0 Å². The fourth-order valence-electron chi connectivity index (χ4n) is 3.07. The molecule has 0 radical (unpaired) electrons. The van der Waals surface area contributed by atoms with E-state index in [2.05, 4.69) is 0 Å². The first-order chi connectivity index (χ1) is 12.8. The van der Waals surface area contributed by atoms with Crippen molar-refractivity contribution < 1.29 is 50.0 Å². The van der Waals surface area contributed by atoms with Gasteiger partial charge in [-0.1, -0.05) is 25.8 Å². The summed E-state index contributed by atoms with van der Waals surface area (Å²) in [6.45, 7) is 1.00. The third-order valence-corrected chi connectivity index (χ3v) is 4.81. The second-order valence-electron chi connectivity index (χ2n) is 6.90. The zero-order chi connectivity index (χ0) is 20.2. The van der Waals surface area contributed by atoms with Crippen LogP contribution in [-0.4, -0.2) is 104 Å². The minimum atomic E-state index is -2.05. The first-order valence-corrected chi connectivity index (χ1v) is 9.11. The van der Waals surface area contributed by atoms with E-state index < -0.39 is 61.4 Å². The van der Waals surface area contributed by atoms with E-state index in [4.69, 9.17) is 14.2 Å². The molecule has 0 aliphatic carbocycles. The molecule has 158 valence electrons. The Kier molecular flexibility index (Phi) is 8.13. The van der Waals surface area contributed by atoms with Crippen LogP contribution in [0.4, 0.5) is 0 Å². The average molecular weight is 394 g/mol. The minimum absolute atomic E-state index is 0.330. The fourth-order valence-corrected chi connectivity index (χ4v) is 3.07. The van der Waals surface area contributed by atoms with Crippen molar-refractivity contribution in [1.82, 2.24) is 0 Å². The van der Waals surface area contributed by atoms with Gasteiger partial charge in [0.05, 0.1) is 13.2 Å². The average Bonchev–Trinajstić information content (AvgIpc) is 2.66. The van der Waals surface area contributed by atoms with Crippen molar-refractivity contribution in [1.29, 1.82) is 0 Å². The van der Waals surface area contributed by atoms with Gasteiger partial charge < -0.3 is 50.0 Å². The first kappa shape index (κ1) is 22.6. The minimum Gasteiger partial charge on any atom is -0.394 e. The summed E-state index contributed by atoms with van der Waals surface area (Å²) in [5.41, 5.74) is 0. The van der Waals surface area contributed by atoms with Gasteiger partial charge in [-0.15, -0.1) is 0 Å². The van der Waals surface area contributed by atoms with Gasteiger partial charge >= 0.3 is 0 Å². The predicted molar refractivity (Wildman–Crippen MR) is 90.2 cm³/mol. The lowest BCUT2D eigenvalue weighted by molar-refractivity contribution is -0.397. The molecule has 0 saturated carbocycles. The molecular weight excluding hydrogens is 364 g/mol.